The summed E-state index contributed by atoms with van der Waals surface area (Å²) in [5.41, 5.74) is 0. The Kier molecular flexibility index (Phi) is 4.57. The number of ether oxygens (including phenoxy) is 1. The molecule has 2 aliphatic rings. The second kappa shape index (κ2) is 6.17. The van der Waals surface area contributed by atoms with Crippen LogP contribution in [0, 0.1) is 0 Å². The summed E-state index contributed by atoms with van der Waals surface area (Å²) in [5.74, 6) is 0.117. The molecule has 2 fully saturated rings. The summed E-state index contributed by atoms with van der Waals surface area (Å²) in [7, 11) is 0. The monoisotopic (exact) mass is 238 g/mol. The van der Waals surface area contributed by atoms with E-state index in [-0.39, 0.29) is 18.6 Å². The normalized spacial score (nSPS) is 21.2. The van der Waals surface area contributed by atoms with E-state index < -0.39 is 0 Å². The Labute approximate surface area is 103 Å². The van der Waals surface area contributed by atoms with Crippen molar-refractivity contribution in [2.24, 2.45) is 0 Å². The Morgan fingerprint density at radius 2 is 2.06 bits per heavy atom. The topological polar surface area (TPSA) is 41.6 Å². The molecule has 1 aliphatic carbocycles. The number of hydrogen-bond acceptors (Lipinski definition) is 3. The Bertz CT molecular complexity index is 271. The van der Waals surface area contributed by atoms with Crippen LogP contribution in [0.3, 0.4) is 0 Å². The third kappa shape index (κ3) is 3.82. The van der Waals surface area contributed by atoms with Crippen LogP contribution < -0.4 is 5.32 Å². The predicted molar refractivity (Wildman–Crippen MR) is 66.8 cm³/mol. The van der Waals surface area contributed by atoms with Gasteiger partial charge in [0.1, 0.15) is 6.61 Å². The first-order valence-electron chi connectivity index (χ1n) is 6.54. The van der Waals surface area contributed by atoms with Gasteiger partial charge in [-0.25, -0.2) is 0 Å². The maximum atomic E-state index is 12.0. The van der Waals surface area contributed by atoms with E-state index in [1.165, 1.54) is 0 Å². The number of amides is 1. The highest BCUT2D eigenvalue weighted by molar-refractivity contribution is 5.78. The van der Waals surface area contributed by atoms with Gasteiger partial charge in [0.25, 0.3) is 0 Å². The average molecular weight is 238 g/mol. The van der Waals surface area contributed by atoms with Gasteiger partial charge in [-0.15, -0.1) is 6.58 Å². The number of carbonyl (C=O) groups is 1. The summed E-state index contributed by atoms with van der Waals surface area (Å²) in [5, 5.41) is 3.29. The van der Waals surface area contributed by atoms with E-state index >= 15 is 0 Å². The minimum absolute atomic E-state index is 0.117. The van der Waals surface area contributed by atoms with Crippen molar-refractivity contribution in [1.29, 1.82) is 0 Å². The zero-order valence-corrected chi connectivity index (χ0v) is 10.4. The van der Waals surface area contributed by atoms with Gasteiger partial charge in [0, 0.05) is 12.6 Å². The summed E-state index contributed by atoms with van der Waals surface area (Å²) in [6.07, 6.45) is 6.33. The molecule has 2 rings (SSSR count). The number of carbonyl (C=O) groups excluding carboxylic acids is 1. The number of piperidine rings is 1. The lowest BCUT2D eigenvalue weighted by Gasteiger charge is -2.25. The lowest BCUT2D eigenvalue weighted by atomic mass is 10.1. The predicted octanol–water partition coefficient (Wildman–Crippen LogP) is 0.932. The molecule has 4 nitrogen and oxygen atoms in total. The van der Waals surface area contributed by atoms with Crippen LogP contribution in [0.2, 0.25) is 0 Å². The molecule has 1 heterocycles. The molecule has 0 aromatic heterocycles. The Balaban J connectivity index is 1.72. The van der Waals surface area contributed by atoms with Crippen molar-refractivity contribution in [3.05, 3.63) is 12.7 Å². The second-order valence-corrected chi connectivity index (χ2v) is 4.83. The maximum Gasteiger partial charge on any atom is 0.249 e. The summed E-state index contributed by atoms with van der Waals surface area (Å²) in [4.78, 5) is 13.9. The lowest BCUT2D eigenvalue weighted by Crippen LogP contribution is -2.39. The van der Waals surface area contributed by atoms with Gasteiger partial charge >= 0.3 is 0 Å². The van der Waals surface area contributed by atoms with Crippen molar-refractivity contribution in [2.75, 3.05) is 26.2 Å². The molecule has 4 heteroatoms. The third-order valence-corrected chi connectivity index (χ3v) is 3.36. The number of rotatable bonds is 6. The summed E-state index contributed by atoms with van der Waals surface area (Å²) in [6.45, 7) is 6.58. The molecular formula is C13H22N2O2. The fourth-order valence-electron chi connectivity index (χ4n) is 2.21. The molecule has 1 saturated carbocycles. The second-order valence-electron chi connectivity index (χ2n) is 4.83. The largest absolute Gasteiger partial charge is 0.368 e. The molecule has 1 aliphatic heterocycles. The molecule has 0 aromatic carbocycles. The van der Waals surface area contributed by atoms with Gasteiger partial charge in [-0.3, -0.25) is 4.79 Å². The minimum atomic E-state index is 0.117. The van der Waals surface area contributed by atoms with E-state index in [9.17, 15) is 4.79 Å². The van der Waals surface area contributed by atoms with Crippen LogP contribution in [0.5, 0.6) is 0 Å². The Hall–Kier alpha value is -0.870. The van der Waals surface area contributed by atoms with Gasteiger partial charge in [0.15, 0.2) is 0 Å². The standard InChI is InChI=1S/C13H22N2O2/c1-2-9-15(11-3-4-11)13(16)10-17-12-5-7-14-8-6-12/h2,11-12,14H,1,3-10H2. The highest BCUT2D eigenvalue weighted by atomic mass is 16.5. The van der Waals surface area contributed by atoms with Crippen molar-refractivity contribution in [3.8, 4) is 0 Å². The van der Waals surface area contributed by atoms with Crippen LogP contribution in [0.25, 0.3) is 0 Å². The third-order valence-electron chi connectivity index (χ3n) is 3.36. The molecule has 0 unspecified atom stereocenters. The van der Waals surface area contributed by atoms with Crippen molar-refractivity contribution in [3.63, 3.8) is 0 Å². The molecule has 0 spiro atoms. The van der Waals surface area contributed by atoms with Gasteiger partial charge in [-0.2, -0.15) is 0 Å². The van der Waals surface area contributed by atoms with Crippen molar-refractivity contribution >= 4 is 5.91 Å². The van der Waals surface area contributed by atoms with Gasteiger partial charge < -0.3 is 15.0 Å². The Morgan fingerprint density at radius 1 is 1.35 bits per heavy atom. The van der Waals surface area contributed by atoms with E-state index in [2.05, 4.69) is 11.9 Å². The Morgan fingerprint density at radius 3 is 2.65 bits per heavy atom. The molecule has 0 radical (unpaired) electrons. The fourth-order valence-corrected chi connectivity index (χ4v) is 2.21. The van der Waals surface area contributed by atoms with E-state index in [1.54, 1.807) is 6.08 Å². The quantitative estimate of drug-likeness (QED) is 0.700. The van der Waals surface area contributed by atoms with Crippen LogP contribution >= 0.6 is 0 Å². The first kappa shape index (κ1) is 12.6. The molecule has 1 saturated heterocycles. The highest BCUT2D eigenvalue weighted by Crippen LogP contribution is 2.26. The first-order valence-corrected chi connectivity index (χ1v) is 6.54. The van der Waals surface area contributed by atoms with Gasteiger partial charge in [0.05, 0.1) is 6.10 Å². The smallest absolute Gasteiger partial charge is 0.249 e. The SMILES string of the molecule is C=CCN(C(=O)COC1CCNCC1)C1CC1. The molecule has 0 aromatic rings. The number of hydrogen-bond donors (Lipinski definition) is 1. The van der Waals surface area contributed by atoms with E-state index in [1.807, 2.05) is 4.90 Å². The van der Waals surface area contributed by atoms with Gasteiger partial charge in [-0.05, 0) is 38.8 Å². The number of nitrogens with one attached hydrogen (secondary N) is 1. The molecule has 0 atom stereocenters. The van der Waals surface area contributed by atoms with Crippen molar-refractivity contribution < 1.29 is 9.53 Å². The van der Waals surface area contributed by atoms with E-state index in [0.29, 0.717) is 12.6 Å². The van der Waals surface area contributed by atoms with Crippen molar-refractivity contribution in [2.45, 2.75) is 37.8 Å². The first-order chi connectivity index (χ1) is 8.31. The summed E-state index contributed by atoms with van der Waals surface area (Å²) >= 11 is 0. The molecule has 96 valence electrons. The summed E-state index contributed by atoms with van der Waals surface area (Å²) < 4.78 is 5.68. The number of nitrogens with zero attached hydrogens (tertiary/aromatic N) is 1. The van der Waals surface area contributed by atoms with Crippen LogP contribution in [-0.2, 0) is 9.53 Å². The average Bonchev–Trinajstić information content (AvgIpc) is 3.18. The van der Waals surface area contributed by atoms with Gasteiger partial charge in [0.2, 0.25) is 5.91 Å². The van der Waals surface area contributed by atoms with E-state index in [4.69, 9.17) is 4.74 Å². The highest BCUT2D eigenvalue weighted by Gasteiger charge is 2.31. The van der Waals surface area contributed by atoms with Crippen LogP contribution in [-0.4, -0.2) is 49.2 Å². The molecule has 1 amide bonds. The van der Waals surface area contributed by atoms with Crippen LogP contribution in [0.15, 0.2) is 12.7 Å². The van der Waals surface area contributed by atoms with Crippen molar-refractivity contribution in [1.82, 2.24) is 10.2 Å². The van der Waals surface area contributed by atoms with Crippen LogP contribution in [0.1, 0.15) is 25.7 Å². The molecule has 1 N–H and O–H groups in total. The van der Waals surface area contributed by atoms with Crippen LogP contribution in [0.4, 0.5) is 0 Å². The van der Waals surface area contributed by atoms with Gasteiger partial charge in [-0.1, -0.05) is 6.08 Å². The van der Waals surface area contributed by atoms with E-state index in [0.717, 1.165) is 38.8 Å². The summed E-state index contributed by atoms with van der Waals surface area (Å²) in [6, 6.07) is 0.442. The molecule has 17 heavy (non-hydrogen) atoms. The zero-order valence-electron chi connectivity index (χ0n) is 10.4. The fraction of sp³-hybridized carbons (Fsp3) is 0.769. The minimum Gasteiger partial charge on any atom is -0.368 e. The maximum absolute atomic E-state index is 12.0. The lowest BCUT2D eigenvalue weighted by molar-refractivity contribution is -0.138. The zero-order chi connectivity index (χ0) is 12.1. The molecule has 0 bridgehead atoms. The molecular weight excluding hydrogens is 216 g/mol.